The second kappa shape index (κ2) is 8.62. The Morgan fingerprint density at radius 3 is 2.44 bits per heavy atom. The van der Waals surface area contributed by atoms with E-state index in [4.69, 9.17) is 11.6 Å². The van der Waals surface area contributed by atoms with Gasteiger partial charge in [0.1, 0.15) is 5.82 Å². The second-order valence-electron chi connectivity index (χ2n) is 5.51. The average Bonchev–Trinajstić information content (AvgIpc) is 2.62. The third-order valence-electron chi connectivity index (χ3n) is 3.97. The van der Waals surface area contributed by atoms with Gasteiger partial charge in [-0.3, -0.25) is 9.59 Å². The molecule has 0 aromatic heterocycles. The van der Waals surface area contributed by atoms with E-state index >= 15 is 0 Å². The molecule has 1 atom stereocenters. The van der Waals surface area contributed by atoms with Crippen LogP contribution in [0.3, 0.4) is 0 Å². The van der Waals surface area contributed by atoms with Gasteiger partial charge in [-0.05, 0) is 24.6 Å². The number of methoxy groups -OCH3 is 1. The lowest BCUT2D eigenvalue weighted by molar-refractivity contribution is -0.140. The molecule has 4 nitrogen and oxygen atoms in total. The van der Waals surface area contributed by atoms with Crippen LogP contribution in [0.1, 0.15) is 35.3 Å². The summed E-state index contributed by atoms with van der Waals surface area (Å²) in [7, 11) is 1.28. The molecule has 0 bridgehead atoms. The normalized spacial score (nSPS) is 11.7. The maximum Gasteiger partial charge on any atom is 0.307 e. The van der Waals surface area contributed by atoms with Crippen molar-refractivity contribution in [3.8, 4) is 0 Å². The highest BCUT2D eigenvalue weighted by Gasteiger charge is 2.27. The van der Waals surface area contributed by atoms with Crippen molar-refractivity contribution in [3.63, 3.8) is 0 Å². The van der Waals surface area contributed by atoms with Gasteiger partial charge in [0.25, 0.3) is 5.91 Å². The maximum atomic E-state index is 14.2. The van der Waals surface area contributed by atoms with Crippen LogP contribution in [0.5, 0.6) is 0 Å². The number of hydrogen-bond donors (Lipinski definition) is 0. The molecule has 0 N–H and O–H groups in total. The fourth-order valence-corrected chi connectivity index (χ4v) is 2.79. The Morgan fingerprint density at radius 2 is 1.84 bits per heavy atom. The van der Waals surface area contributed by atoms with Gasteiger partial charge in [0.2, 0.25) is 0 Å². The Balaban J connectivity index is 2.36. The minimum absolute atomic E-state index is 0.00544. The average molecular weight is 364 g/mol. The summed E-state index contributed by atoms with van der Waals surface area (Å²) in [6, 6.07) is 13.0. The summed E-state index contributed by atoms with van der Waals surface area (Å²) in [5, 5.41) is 0.0355. The summed E-state index contributed by atoms with van der Waals surface area (Å²) in [6.45, 7) is 1.91. The van der Waals surface area contributed by atoms with Crippen molar-refractivity contribution < 1.29 is 18.7 Å². The van der Waals surface area contributed by atoms with E-state index in [-0.39, 0.29) is 29.6 Å². The van der Waals surface area contributed by atoms with E-state index < -0.39 is 17.7 Å². The number of esters is 1. The number of carbonyl (C=O) groups is 2. The third-order valence-corrected chi connectivity index (χ3v) is 4.29. The highest BCUT2D eigenvalue weighted by atomic mass is 35.5. The van der Waals surface area contributed by atoms with Gasteiger partial charge < -0.3 is 9.64 Å². The molecule has 2 aromatic carbocycles. The lowest BCUT2D eigenvalue weighted by Gasteiger charge is -2.30. The van der Waals surface area contributed by atoms with Crippen LogP contribution in [-0.2, 0) is 9.53 Å². The van der Waals surface area contributed by atoms with Crippen LogP contribution >= 0.6 is 11.6 Å². The van der Waals surface area contributed by atoms with Gasteiger partial charge in [0.15, 0.2) is 0 Å². The molecule has 0 aliphatic carbocycles. The summed E-state index contributed by atoms with van der Waals surface area (Å²) >= 11 is 6.03. The highest BCUT2D eigenvalue weighted by molar-refractivity contribution is 6.33. The van der Waals surface area contributed by atoms with E-state index in [9.17, 15) is 14.0 Å². The van der Waals surface area contributed by atoms with E-state index in [1.807, 2.05) is 37.3 Å². The van der Waals surface area contributed by atoms with E-state index in [0.717, 1.165) is 5.56 Å². The lowest BCUT2D eigenvalue weighted by atomic mass is 10.0. The largest absolute Gasteiger partial charge is 0.469 e. The number of ether oxygens (including phenoxy) is 1. The van der Waals surface area contributed by atoms with Gasteiger partial charge in [-0.1, -0.05) is 48.0 Å². The third kappa shape index (κ3) is 4.57. The Bertz CT molecular complexity index is 731. The zero-order chi connectivity index (χ0) is 18.4. The molecule has 2 rings (SSSR count). The van der Waals surface area contributed by atoms with E-state index in [2.05, 4.69) is 4.74 Å². The fraction of sp³-hybridized carbons (Fsp3) is 0.263. The molecule has 0 aliphatic heterocycles. The molecule has 132 valence electrons. The number of carbonyl (C=O) groups excluding carboxylic acids is 2. The smallest absolute Gasteiger partial charge is 0.307 e. The van der Waals surface area contributed by atoms with Gasteiger partial charge in [0, 0.05) is 6.54 Å². The second-order valence-corrected chi connectivity index (χ2v) is 5.92. The molecule has 0 saturated carbocycles. The molecular formula is C19H19ClFNO3. The molecule has 0 saturated heterocycles. The van der Waals surface area contributed by atoms with Crippen molar-refractivity contribution in [2.75, 3.05) is 13.7 Å². The summed E-state index contributed by atoms with van der Waals surface area (Å²) in [5.41, 5.74) is 0.671. The Labute approximate surface area is 151 Å². The van der Waals surface area contributed by atoms with Gasteiger partial charge in [-0.2, -0.15) is 0 Å². The molecule has 0 spiro atoms. The van der Waals surface area contributed by atoms with Gasteiger partial charge in [0.05, 0.1) is 30.2 Å². The Hall–Kier alpha value is -2.40. The topological polar surface area (TPSA) is 46.6 Å². The molecule has 1 amide bonds. The lowest BCUT2D eigenvalue weighted by Crippen LogP contribution is -2.36. The molecule has 25 heavy (non-hydrogen) atoms. The first-order valence-electron chi connectivity index (χ1n) is 7.82. The van der Waals surface area contributed by atoms with Crippen LogP contribution in [-0.4, -0.2) is 30.4 Å². The van der Waals surface area contributed by atoms with Gasteiger partial charge >= 0.3 is 5.97 Å². The van der Waals surface area contributed by atoms with Crippen LogP contribution in [0.15, 0.2) is 48.5 Å². The quantitative estimate of drug-likeness (QED) is 0.721. The molecule has 2 aromatic rings. The number of hydrogen-bond acceptors (Lipinski definition) is 3. The molecule has 6 heteroatoms. The predicted octanol–water partition coefficient (Wildman–Crippen LogP) is 4.25. The molecule has 0 fully saturated rings. The van der Waals surface area contributed by atoms with Crippen LogP contribution < -0.4 is 0 Å². The van der Waals surface area contributed by atoms with Crippen LogP contribution in [0.4, 0.5) is 4.39 Å². The maximum absolute atomic E-state index is 14.2. The standard InChI is InChI=1S/C19H19ClFNO3/c1-13(14-7-4-3-5-8-14)22(12-11-17(23)25-2)19(24)18-15(20)9-6-10-16(18)21/h3-10,13H,11-12H2,1-2H3. The first-order chi connectivity index (χ1) is 12.0. The molecule has 0 heterocycles. The van der Waals surface area contributed by atoms with Crippen LogP contribution in [0.2, 0.25) is 5.02 Å². The van der Waals surface area contributed by atoms with Crippen LogP contribution in [0, 0.1) is 5.82 Å². The number of nitrogens with zero attached hydrogens (tertiary/aromatic N) is 1. The zero-order valence-corrected chi connectivity index (χ0v) is 14.8. The molecule has 0 radical (unpaired) electrons. The van der Waals surface area contributed by atoms with Crippen LogP contribution in [0.25, 0.3) is 0 Å². The first kappa shape index (κ1) is 18.9. The Kier molecular flexibility index (Phi) is 6.53. The number of halogens is 2. The minimum atomic E-state index is -0.694. The van der Waals surface area contributed by atoms with E-state index in [0.29, 0.717) is 0 Å². The molecule has 0 aliphatic rings. The highest BCUT2D eigenvalue weighted by Crippen LogP contribution is 2.27. The number of amides is 1. The van der Waals surface area contributed by atoms with Crippen molar-refractivity contribution >= 4 is 23.5 Å². The van der Waals surface area contributed by atoms with Crippen molar-refractivity contribution in [2.45, 2.75) is 19.4 Å². The first-order valence-corrected chi connectivity index (χ1v) is 8.20. The Morgan fingerprint density at radius 1 is 1.16 bits per heavy atom. The van der Waals surface area contributed by atoms with E-state index in [1.54, 1.807) is 0 Å². The SMILES string of the molecule is COC(=O)CCN(C(=O)c1c(F)cccc1Cl)C(C)c1ccccc1. The minimum Gasteiger partial charge on any atom is -0.469 e. The van der Waals surface area contributed by atoms with Crippen molar-refractivity contribution in [1.29, 1.82) is 0 Å². The monoisotopic (exact) mass is 363 g/mol. The summed E-state index contributed by atoms with van der Waals surface area (Å²) in [4.78, 5) is 25.9. The fourth-order valence-electron chi connectivity index (χ4n) is 2.54. The summed E-state index contributed by atoms with van der Waals surface area (Å²) in [6.07, 6.45) is 0.00544. The zero-order valence-electron chi connectivity index (χ0n) is 14.0. The van der Waals surface area contributed by atoms with Crippen molar-refractivity contribution in [3.05, 3.63) is 70.5 Å². The molecule has 1 unspecified atom stereocenters. The summed E-state index contributed by atoms with van der Waals surface area (Å²) < 4.78 is 18.8. The van der Waals surface area contributed by atoms with E-state index in [1.165, 1.54) is 30.2 Å². The van der Waals surface area contributed by atoms with Crippen molar-refractivity contribution in [2.24, 2.45) is 0 Å². The number of benzene rings is 2. The summed E-state index contributed by atoms with van der Waals surface area (Å²) in [5.74, 6) is -1.71. The number of rotatable bonds is 6. The molecular weight excluding hydrogens is 345 g/mol. The predicted molar refractivity (Wildman–Crippen MR) is 93.9 cm³/mol. The van der Waals surface area contributed by atoms with Gasteiger partial charge in [-0.25, -0.2) is 4.39 Å². The van der Waals surface area contributed by atoms with Gasteiger partial charge in [-0.15, -0.1) is 0 Å². The van der Waals surface area contributed by atoms with Crippen molar-refractivity contribution in [1.82, 2.24) is 4.90 Å².